The number of aryl methyl sites for hydroxylation is 2. The summed E-state index contributed by atoms with van der Waals surface area (Å²) in [7, 11) is 0. The molecular weight excluding hydrogens is 386 g/mol. The normalized spacial score (nSPS) is 13.6. The van der Waals surface area contributed by atoms with Crippen molar-refractivity contribution < 1.29 is 9.72 Å². The van der Waals surface area contributed by atoms with Gasteiger partial charge >= 0.3 is 0 Å². The lowest BCUT2D eigenvalue weighted by Crippen LogP contribution is -2.33. The average Bonchev–Trinajstić information content (AvgIpc) is 3.10. The maximum Gasteiger partial charge on any atom is 0.270 e. The van der Waals surface area contributed by atoms with E-state index in [0.717, 1.165) is 0 Å². The number of hydrogen-bond donors (Lipinski definition) is 0. The van der Waals surface area contributed by atoms with Crippen molar-refractivity contribution in [1.82, 2.24) is 4.90 Å². The Morgan fingerprint density at radius 1 is 1.30 bits per heavy atom. The van der Waals surface area contributed by atoms with E-state index in [4.69, 9.17) is 11.6 Å². The van der Waals surface area contributed by atoms with Crippen LogP contribution < -0.4 is 0 Å². The number of nitro benzene ring substituents is 1. The molecule has 0 aromatic heterocycles. The number of benzene rings is 2. The lowest BCUT2D eigenvalue weighted by Gasteiger charge is -2.19. The van der Waals surface area contributed by atoms with Gasteiger partial charge in [-0.3, -0.25) is 24.8 Å². The highest BCUT2D eigenvalue weighted by atomic mass is 35.5. The molecule has 1 amide bonds. The van der Waals surface area contributed by atoms with Crippen molar-refractivity contribution in [2.24, 2.45) is 4.99 Å². The fourth-order valence-corrected chi connectivity index (χ4v) is 4.08. The van der Waals surface area contributed by atoms with E-state index < -0.39 is 4.92 Å². The number of nitrogens with zero attached hydrogens (tertiary/aromatic N) is 3. The predicted molar refractivity (Wildman–Crippen MR) is 109 cm³/mol. The second-order valence-corrected chi connectivity index (χ2v) is 7.61. The zero-order valence-electron chi connectivity index (χ0n) is 14.9. The lowest BCUT2D eigenvalue weighted by atomic mass is 10.1. The first kappa shape index (κ1) is 19.4. The Morgan fingerprint density at radius 3 is 2.81 bits per heavy atom. The molecule has 8 heteroatoms. The first-order chi connectivity index (χ1) is 12.9. The molecular formula is C19H18ClN3O3S. The molecule has 3 rings (SSSR count). The maximum atomic E-state index is 12.9. The quantitative estimate of drug-likeness (QED) is 0.551. The molecule has 0 radical (unpaired) electrons. The Kier molecular flexibility index (Phi) is 5.82. The molecule has 2 aromatic rings. The summed E-state index contributed by atoms with van der Waals surface area (Å²) in [6, 6.07) is 10.2. The van der Waals surface area contributed by atoms with Crippen LogP contribution in [-0.2, 0) is 5.75 Å². The molecule has 1 heterocycles. The van der Waals surface area contributed by atoms with Crippen molar-refractivity contribution in [3.63, 3.8) is 0 Å². The van der Waals surface area contributed by atoms with Gasteiger partial charge in [-0.25, -0.2) is 0 Å². The van der Waals surface area contributed by atoms with Gasteiger partial charge in [-0.15, -0.1) is 0 Å². The lowest BCUT2D eigenvalue weighted by molar-refractivity contribution is -0.384. The highest BCUT2D eigenvalue weighted by Crippen LogP contribution is 2.27. The van der Waals surface area contributed by atoms with Crippen molar-refractivity contribution >= 4 is 40.1 Å². The van der Waals surface area contributed by atoms with Gasteiger partial charge in [0.25, 0.3) is 11.6 Å². The van der Waals surface area contributed by atoms with E-state index in [1.165, 1.54) is 46.7 Å². The van der Waals surface area contributed by atoms with E-state index in [9.17, 15) is 14.9 Å². The van der Waals surface area contributed by atoms with E-state index in [1.54, 1.807) is 4.90 Å². The van der Waals surface area contributed by atoms with Gasteiger partial charge in [0.05, 0.1) is 22.1 Å². The van der Waals surface area contributed by atoms with Crippen LogP contribution in [0.3, 0.4) is 0 Å². The molecule has 0 spiro atoms. The first-order valence-corrected chi connectivity index (χ1v) is 9.72. The Morgan fingerprint density at radius 2 is 2.07 bits per heavy atom. The summed E-state index contributed by atoms with van der Waals surface area (Å²) in [6.07, 6.45) is 0. The van der Waals surface area contributed by atoms with Gasteiger partial charge < -0.3 is 0 Å². The number of amides is 1. The Labute approximate surface area is 166 Å². The third-order valence-corrected chi connectivity index (χ3v) is 5.69. The van der Waals surface area contributed by atoms with Crippen molar-refractivity contribution in [2.45, 2.75) is 19.6 Å². The van der Waals surface area contributed by atoms with Crippen molar-refractivity contribution in [3.8, 4) is 0 Å². The average molecular weight is 404 g/mol. The summed E-state index contributed by atoms with van der Waals surface area (Å²) in [6.45, 7) is 5.04. The van der Waals surface area contributed by atoms with E-state index >= 15 is 0 Å². The van der Waals surface area contributed by atoms with Crippen molar-refractivity contribution in [1.29, 1.82) is 0 Å². The third kappa shape index (κ3) is 4.31. The Hall–Kier alpha value is -2.38. The van der Waals surface area contributed by atoms with Crippen LogP contribution in [-0.4, -0.2) is 34.0 Å². The number of amidine groups is 1. The monoisotopic (exact) mass is 403 g/mol. The number of aliphatic imine (C=N–C) groups is 1. The molecule has 0 atom stereocenters. The largest absolute Gasteiger partial charge is 0.286 e. The molecule has 1 aliphatic heterocycles. The number of nitro groups is 1. The number of carbonyl (C=O) groups is 1. The first-order valence-electron chi connectivity index (χ1n) is 8.36. The molecule has 6 nitrogen and oxygen atoms in total. The molecule has 0 bridgehead atoms. The van der Waals surface area contributed by atoms with Crippen LogP contribution in [0, 0.1) is 24.0 Å². The summed E-state index contributed by atoms with van der Waals surface area (Å²) in [5.74, 6) is 0.326. The smallest absolute Gasteiger partial charge is 0.270 e. The number of thioether (sulfide) groups is 1. The Bertz CT molecular complexity index is 946. The fourth-order valence-electron chi connectivity index (χ4n) is 2.77. The van der Waals surface area contributed by atoms with Gasteiger partial charge in [-0.05, 0) is 31.0 Å². The fraction of sp³-hybridized carbons (Fsp3) is 0.263. The van der Waals surface area contributed by atoms with Crippen molar-refractivity contribution in [2.75, 3.05) is 13.1 Å². The van der Waals surface area contributed by atoms with Crippen LogP contribution in [0.1, 0.15) is 27.0 Å². The number of rotatable bonds is 4. The second kappa shape index (κ2) is 8.10. The summed E-state index contributed by atoms with van der Waals surface area (Å²) in [4.78, 5) is 29.3. The van der Waals surface area contributed by atoms with Gasteiger partial charge in [0.1, 0.15) is 0 Å². The maximum absolute atomic E-state index is 12.9. The minimum Gasteiger partial charge on any atom is -0.286 e. The third-order valence-electron chi connectivity index (χ3n) is 4.30. The zero-order chi connectivity index (χ0) is 19.6. The molecule has 140 valence electrons. The SMILES string of the molecule is Cc1ccc(C)c(CSC2=NCCN2C(=O)c2cc([N+](=O)[O-])ccc2Cl)c1. The minimum atomic E-state index is -0.540. The van der Waals surface area contributed by atoms with Gasteiger partial charge in [0.2, 0.25) is 0 Å². The second-order valence-electron chi connectivity index (χ2n) is 6.26. The molecule has 27 heavy (non-hydrogen) atoms. The topological polar surface area (TPSA) is 75.8 Å². The summed E-state index contributed by atoms with van der Waals surface area (Å²) >= 11 is 7.60. The Balaban J connectivity index is 1.78. The van der Waals surface area contributed by atoms with E-state index in [2.05, 4.69) is 30.1 Å². The minimum absolute atomic E-state index is 0.118. The predicted octanol–water partition coefficient (Wildman–Crippen LogP) is 4.61. The van der Waals surface area contributed by atoms with Crippen LogP contribution >= 0.6 is 23.4 Å². The molecule has 0 fully saturated rings. The van der Waals surface area contributed by atoms with E-state index in [-0.39, 0.29) is 22.2 Å². The van der Waals surface area contributed by atoms with E-state index in [1.807, 2.05) is 6.92 Å². The summed E-state index contributed by atoms with van der Waals surface area (Å²) in [5.41, 5.74) is 3.51. The molecule has 0 aliphatic carbocycles. The van der Waals surface area contributed by atoms with E-state index in [0.29, 0.717) is 24.0 Å². The molecule has 0 saturated heterocycles. The molecule has 0 unspecified atom stereocenters. The number of halogens is 1. The molecule has 1 aliphatic rings. The standard InChI is InChI=1S/C19H18ClN3O3S/c1-12-3-4-13(2)14(9-12)11-27-19-21-7-8-22(19)18(24)16-10-15(23(25)26)5-6-17(16)20/h3-6,9-10H,7-8,11H2,1-2H3. The number of non-ortho nitro benzene ring substituents is 1. The van der Waals surface area contributed by atoms with Crippen LogP contribution in [0.2, 0.25) is 5.02 Å². The zero-order valence-corrected chi connectivity index (χ0v) is 16.5. The van der Waals surface area contributed by atoms with Crippen molar-refractivity contribution in [3.05, 3.63) is 73.8 Å². The summed E-state index contributed by atoms with van der Waals surface area (Å²) in [5, 5.41) is 11.8. The van der Waals surface area contributed by atoms with Crippen LogP contribution in [0.15, 0.2) is 41.4 Å². The molecule has 0 N–H and O–H groups in total. The summed E-state index contributed by atoms with van der Waals surface area (Å²) < 4.78 is 0. The molecule has 2 aromatic carbocycles. The van der Waals surface area contributed by atoms with Crippen LogP contribution in [0.25, 0.3) is 0 Å². The molecule has 0 saturated carbocycles. The van der Waals surface area contributed by atoms with Crippen LogP contribution in [0.5, 0.6) is 0 Å². The van der Waals surface area contributed by atoms with Gasteiger partial charge in [0.15, 0.2) is 5.17 Å². The van der Waals surface area contributed by atoms with Gasteiger partial charge in [-0.2, -0.15) is 0 Å². The highest BCUT2D eigenvalue weighted by Gasteiger charge is 2.28. The van der Waals surface area contributed by atoms with Gasteiger partial charge in [0, 0.05) is 24.4 Å². The number of carbonyl (C=O) groups excluding carboxylic acids is 1. The highest BCUT2D eigenvalue weighted by molar-refractivity contribution is 8.13. The number of hydrogen-bond acceptors (Lipinski definition) is 5. The van der Waals surface area contributed by atoms with Gasteiger partial charge in [-0.1, -0.05) is 47.1 Å². The van der Waals surface area contributed by atoms with Crippen LogP contribution in [0.4, 0.5) is 5.69 Å².